The lowest BCUT2D eigenvalue weighted by molar-refractivity contribution is 0.390. The summed E-state index contributed by atoms with van der Waals surface area (Å²) in [6, 6.07) is 2.81. The minimum absolute atomic E-state index is 0.594. The summed E-state index contributed by atoms with van der Waals surface area (Å²) in [6.07, 6.45) is 1.24. The highest BCUT2D eigenvalue weighted by molar-refractivity contribution is 9.10. The Morgan fingerprint density at radius 1 is 1.47 bits per heavy atom. The molecule has 0 aliphatic carbocycles. The molecular weight excluding hydrogens is 270 g/mol. The maximum absolute atomic E-state index is 3.58. The summed E-state index contributed by atoms with van der Waals surface area (Å²) in [4.78, 5) is 2.78. The van der Waals surface area contributed by atoms with Gasteiger partial charge in [-0.2, -0.15) is 0 Å². The predicted octanol–water partition coefficient (Wildman–Crippen LogP) is 4.34. The van der Waals surface area contributed by atoms with Crippen LogP contribution in [0.5, 0.6) is 0 Å². The number of halogens is 1. The molecule has 0 saturated carbocycles. The number of hydrogen-bond donors (Lipinski definition) is 1. The average Bonchev–Trinajstić information content (AvgIpc) is 2.54. The van der Waals surface area contributed by atoms with Gasteiger partial charge in [0.1, 0.15) is 0 Å². The van der Waals surface area contributed by atoms with Crippen LogP contribution in [0.15, 0.2) is 10.5 Å². The molecule has 0 spiro atoms. The van der Waals surface area contributed by atoms with Crippen LogP contribution in [0.4, 0.5) is 0 Å². The first-order valence-corrected chi connectivity index (χ1v) is 7.13. The number of rotatable bonds is 5. The molecule has 1 aromatic rings. The van der Waals surface area contributed by atoms with Gasteiger partial charge in [0.05, 0.1) is 0 Å². The molecule has 86 valence electrons. The van der Waals surface area contributed by atoms with E-state index in [9.17, 15) is 0 Å². The van der Waals surface area contributed by atoms with Crippen LogP contribution in [0.25, 0.3) is 0 Å². The van der Waals surface area contributed by atoms with Gasteiger partial charge in [-0.15, -0.1) is 11.3 Å². The minimum atomic E-state index is 0.594. The monoisotopic (exact) mass is 289 g/mol. The van der Waals surface area contributed by atoms with E-state index in [2.05, 4.69) is 55.0 Å². The van der Waals surface area contributed by atoms with E-state index in [4.69, 9.17) is 0 Å². The molecule has 1 N–H and O–H groups in total. The smallest absolute Gasteiger partial charge is 0.0314 e. The van der Waals surface area contributed by atoms with E-state index in [1.807, 2.05) is 11.3 Å². The van der Waals surface area contributed by atoms with Crippen LogP contribution < -0.4 is 5.32 Å². The van der Waals surface area contributed by atoms with E-state index in [0.717, 1.165) is 12.5 Å². The quantitative estimate of drug-likeness (QED) is 0.850. The second-order valence-corrected chi connectivity index (χ2v) is 6.37. The molecule has 1 nitrogen and oxygen atoms in total. The Labute approximate surface area is 105 Å². The maximum atomic E-state index is 3.58. The van der Waals surface area contributed by atoms with Crippen molar-refractivity contribution in [1.82, 2.24) is 5.32 Å². The van der Waals surface area contributed by atoms with Crippen LogP contribution in [-0.4, -0.2) is 6.04 Å². The van der Waals surface area contributed by atoms with E-state index in [1.165, 1.54) is 20.6 Å². The van der Waals surface area contributed by atoms with Crippen molar-refractivity contribution >= 4 is 27.3 Å². The molecule has 0 aromatic carbocycles. The van der Waals surface area contributed by atoms with E-state index < -0.39 is 0 Å². The van der Waals surface area contributed by atoms with Crippen LogP contribution in [0, 0.1) is 12.8 Å². The number of hydrogen-bond acceptors (Lipinski definition) is 2. The highest BCUT2D eigenvalue weighted by atomic mass is 79.9. The molecule has 15 heavy (non-hydrogen) atoms. The highest BCUT2D eigenvalue weighted by Crippen LogP contribution is 2.26. The lowest BCUT2D eigenvalue weighted by Crippen LogP contribution is -2.31. The van der Waals surface area contributed by atoms with Gasteiger partial charge in [0.15, 0.2) is 0 Å². The lowest BCUT2D eigenvalue weighted by Gasteiger charge is -2.19. The van der Waals surface area contributed by atoms with Gasteiger partial charge in [0.2, 0.25) is 0 Å². The topological polar surface area (TPSA) is 12.0 Å². The summed E-state index contributed by atoms with van der Waals surface area (Å²) in [5.74, 6) is 0.745. The van der Waals surface area contributed by atoms with Crippen LogP contribution in [0.2, 0.25) is 0 Å². The molecule has 0 radical (unpaired) electrons. The van der Waals surface area contributed by atoms with E-state index in [1.54, 1.807) is 0 Å². The standard InChI is InChI=1S/C12H20BrNS/c1-5-8(2)9(3)14-7-11-6-12(13)10(4)15-11/h6,8-9,14H,5,7H2,1-4H3. The van der Waals surface area contributed by atoms with Gasteiger partial charge in [-0.05, 0) is 41.8 Å². The molecule has 3 heteroatoms. The average molecular weight is 290 g/mol. The second-order valence-electron chi connectivity index (χ2n) is 4.17. The number of nitrogens with one attached hydrogen (secondary N) is 1. The molecule has 2 atom stereocenters. The first kappa shape index (κ1) is 13.2. The Bertz CT molecular complexity index is 289. The Hall–Kier alpha value is 0.140. The molecule has 0 aliphatic rings. The summed E-state index contributed by atoms with van der Waals surface area (Å²) in [7, 11) is 0. The summed E-state index contributed by atoms with van der Waals surface area (Å²) < 4.78 is 1.24. The highest BCUT2D eigenvalue weighted by Gasteiger charge is 2.10. The molecule has 2 unspecified atom stereocenters. The van der Waals surface area contributed by atoms with Crippen molar-refractivity contribution < 1.29 is 0 Å². The molecule has 0 aliphatic heterocycles. The molecule has 1 heterocycles. The molecule has 0 saturated heterocycles. The fourth-order valence-electron chi connectivity index (χ4n) is 1.42. The van der Waals surface area contributed by atoms with Crippen LogP contribution in [0.1, 0.15) is 36.9 Å². The van der Waals surface area contributed by atoms with Gasteiger partial charge in [-0.1, -0.05) is 20.3 Å². The predicted molar refractivity (Wildman–Crippen MR) is 72.5 cm³/mol. The summed E-state index contributed by atoms with van der Waals surface area (Å²) in [6.45, 7) is 9.95. The molecule has 0 fully saturated rings. The first-order chi connectivity index (χ1) is 7.04. The fourth-order valence-corrected chi connectivity index (χ4v) is 2.97. The normalized spacial score (nSPS) is 15.3. The van der Waals surface area contributed by atoms with Crippen molar-refractivity contribution in [2.24, 2.45) is 5.92 Å². The van der Waals surface area contributed by atoms with Crippen molar-refractivity contribution in [2.45, 2.75) is 46.7 Å². The van der Waals surface area contributed by atoms with Gasteiger partial charge < -0.3 is 5.32 Å². The zero-order chi connectivity index (χ0) is 11.4. The number of aryl methyl sites for hydroxylation is 1. The number of thiophene rings is 1. The van der Waals surface area contributed by atoms with Gasteiger partial charge in [0.25, 0.3) is 0 Å². The molecule has 0 bridgehead atoms. The van der Waals surface area contributed by atoms with Gasteiger partial charge in [-0.25, -0.2) is 0 Å². The summed E-state index contributed by atoms with van der Waals surface area (Å²) in [5, 5.41) is 3.58. The van der Waals surface area contributed by atoms with E-state index >= 15 is 0 Å². The lowest BCUT2D eigenvalue weighted by atomic mass is 10.0. The minimum Gasteiger partial charge on any atom is -0.309 e. The SMILES string of the molecule is CCC(C)C(C)NCc1cc(Br)c(C)s1. The third-order valence-electron chi connectivity index (χ3n) is 3.00. The first-order valence-electron chi connectivity index (χ1n) is 5.52. The summed E-state index contributed by atoms with van der Waals surface area (Å²) >= 11 is 5.41. The van der Waals surface area contributed by atoms with Crippen molar-refractivity contribution in [3.8, 4) is 0 Å². The Morgan fingerprint density at radius 3 is 2.60 bits per heavy atom. The largest absolute Gasteiger partial charge is 0.309 e. The molecule has 1 rings (SSSR count). The van der Waals surface area contributed by atoms with Crippen LogP contribution in [-0.2, 0) is 6.54 Å². The molecular formula is C12H20BrNS. The van der Waals surface area contributed by atoms with E-state index in [0.29, 0.717) is 6.04 Å². The zero-order valence-electron chi connectivity index (χ0n) is 9.93. The van der Waals surface area contributed by atoms with Crippen molar-refractivity contribution in [2.75, 3.05) is 0 Å². The van der Waals surface area contributed by atoms with Gasteiger partial charge in [0, 0.05) is 26.8 Å². The van der Waals surface area contributed by atoms with Crippen LogP contribution in [0.3, 0.4) is 0 Å². The van der Waals surface area contributed by atoms with Gasteiger partial charge in [-0.3, -0.25) is 0 Å². The van der Waals surface area contributed by atoms with E-state index in [-0.39, 0.29) is 0 Å². The van der Waals surface area contributed by atoms with Crippen LogP contribution >= 0.6 is 27.3 Å². The second kappa shape index (κ2) is 6.02. The van der Waals surface area contributed by atoms with Gasteiger partial charge >= 0.3 is 0 Å². The molecule has 1 aromatic heterocycles. The Kier molecular flexibility index (Phi) is 5.30. The van der Waals surface area contributed by atoms with Crippen molar-refractivity contribution in [1.29, 1.82) is 0 Å². The Balaban J connectivity index is 2.43. The fraction of sp³-hybridized carbons (Fsp3) is 0.667. The third-order valence-corrected chi connectivity index (χ3v) is 5.14. The van der Waals surface area contributed by atoms with Crippen molar-refractivity contribution in [3.05, 3.63) is 20.3 Å². The van der Waals surface area contributed by atoms with Crippen molar-refractivity contribution in [3.63, 3.8) is 0 Å². The Morgan fingerprint density at radius 2 is 2.13 bits per heavy atom. The zero-order valence-corrected chi connectivity index (χ0v) is 12.3. The maximum Gasteiger partial charge on any atom is 0.0314 e. The summed E-state index contributed by atoms with van der Waals surface area (Å²) in [5.41, 5.74) is 0. The third kappa shape index (κ3) is 3.89. The molecule has 0 amide bonds.